The van der Waals surface area contributed by atoms with Gasteiger partial charge in [-0.2, -0.15) is 0 Å². The summed E-state index contributed by atoms with van der Waals surface area (Å²) in [6.45, 7) is 0. The monoisotopic (exact) mass is 511 g/mol. The number of aromatic nitrogens is 3. The fourth-order valence-corrected chi connectivity index (χ4v) is 7.02. The van der Waals surface area contributed by atoms with Gasteiger partial charge in [-0.3, -0.25) is 0 Å². The maximum Gasteiger partial charge on any atom is 0.0590 e. The first-order chi connectivity index (χ1) is 19.8. The van der Waals surface area contributed by atoms with Gasteiger partial charge < -0.3 is 13.7 Å². The standard InChI is InChI=1S/C37H25N3/c1-38-31-22-23-32-34(26-16-8-10-18-29(26)39(32)24-12-4-2-5-13-24)35(31)28-20-21-33-36(37(28)38)27-17-9-11-19-30(27)40(33)25-14-6-3-7-15-25/h2-23H,1H3. The predicted molar refractivity (Wildman–Crippen MR) is 169 cm³/mol. The highest BCUT2D eigenvalue weighted by molar-refractivity contribution is 6.33. The molecule has 3 aromatic heterocycles. The van der Waals surface area contributed by atoms with Crippen molar-refractivity contribution >= 4 is 65.4 Å². The summed E-state index contributed by atoms with van der Waals surface area (Å²) in [5.41, 5.74) is 9.82. The zero-order valence-electron chi connectivity index (χ0n) is 22.0. The Morgan fingerprint density at radius 2 is 0.800 bits per heavy atom. The molecular weight excluding hydrogens is 486 g/mol. The van der Waals surface area contributed by atoms with Crippen LogP contribution in [0.4, 0.5) is 0 Å². The molecule has 0 aliphatic carbocycles. The first kappa shape index (κ1) is 21.6. The minimum atomic E-state index is 1.18. The third-order valence-electron chi connectivity index (χ3n) is 8.62. The zero-order chi connectivity index (χ0) is 26.4. The van der Waals surface area contributed by atoms with Gasteiger partial charge in [0.05, 0.1) is 27.6 Å². The highest BCUT2D eigenvalue weighted by Crippen LogP contribution is 2.44. The van der Waals surface area contributed by atoms with Crippen molar-refractivity contribution in [2.75, 3.05) is 0 Å². The Morgan fingerprint density at radius 3 is 1.43 bits per heavy atom. The lowest BCUT2D eigenvalue weighted by Gasteiger charge is -2.07. The van der Waals surface area contributed by atoms with Gasteiger partial charge in [-0.25, -0.2) is 0 Å². The summed E-state index contributed by atoms with van der Waals surface area (Å²) in [6.07, 6.45) is 0. The second-order valence-corrected chi connectivity index (χ2v) is 10.6. The van der Waals surface area contributed by atoms with E-state index in [1.807, 2.05) is 0 Å². The molecule has 40 heavy (non-hydrogen) atoms. The van der Waals surface area contributed by atoms with E-state index >= 15 is 0 Å². The molecule has 6 aromatic carbocycles. The van der Waals surface area contributed by atoms with Gasteiger partial charge in [0.2, 0.25) is 0 Å². The van der Waals surface area contributed by atoms with Crippen molar-refractivity contribution in [3.05, 3.63) is 133 Å². The van der Waals surface area contributed by atoms with Crippen molar-refractivity contribution in [2.24, 2.45) is 7.05 Å². The molecule has 9 aromatic rings. The van der Waals surface area contributed by atoms with E-state index < -0.39 is 0 Å². The highest BCUT2D eigenvalue weighted by Gasteiger charge is 2.22. The summed E-state index contributed by atoms with van der Waals surface area (Å²) < 4.78 is 7.21. The maximum absolute atomic E-state index is 2.41. The Kier molecular flexibility index (Phi) is 4.26. The number of rotatable bonds is 2. The van der Waals surface area contributed by atoms with Gasteiger partial charge in [0.25, 0.3) is 0 Å². The summed E-state index contributed by atoms with van der Waals surface area (Å²) in [5, 5.41) is 7.79. The van der Waals surface area contributed by atoms with Crippen molar-refractivity contribution in [3.63, 3.8) is 0 Å². The van der Waals surface area contributed by atoms with Crippen LogP contribution >= 0.6 is 0 Å². The molecule has 0 spiro atoms. The molecule has 9 rings (SSSR count). The first-order valence-corrected chi connectivity index (χ1v) is 13.8. The number of para-hydroxylation sites is 4. The van der Waals surface area contributed by atoms with Crippen LogP contribution < -0.4 is 0 Å². The Bertz CT molecular complexity index is 2420. The minimum absolute atomic E-state index is 1.18. The average molecular weight is 512 g/mol. The summed E-state index contributed by atoms with van der Waals surface area (Å²) in [6, 6.07) is 48.3. The van der Waals surface area contributed by atoms with Gasteiger partial charge in [0, 0.05) is 56.3 Å². The second-order valence-electron chi connectivity index (χ2n) is 10.6. The van der Waals surface area contributed by atoms with Gasteiger partial charge in [-0.1, -0.05) is 78.9 Å². The van der Waals surface area contributed by atoms with E-state index in [4.69, 9.17) is 0 Å². The molecule has 0 aliphatic rings. The lowest BCUT2D eigenvalue weighted by atomic mass is 10.0. The fourth-order valence-electron chi connectivity index (χ4n) is 7.02. The molecule has 0 amide bonds. The highest BCUT2D eigenvalue weighted by atomic mass is 15.0. The summed E-state index contributed by atoms with van der Waals surface area (Å²) in [4.78, 5) is 0. The Labute approximate surface area is 230 Å². The number of hydrogen-bond acceptors (Lipinski definition) is 0. The minimum Gasteiger partial charge on any atom is -0.343 e. The Hall–Kier alpha value is -5.28. The number of fused-ring (bicyclic) bond motifs is 11. The quantitative estimate of drug-likeness (QED) is 0.219. The van der Waals surface area contributed by atoms with Crippen molar-refractivity contribution in [3.8, 4) is 11.4 Å². The summed E-state index contributed by atoms with van der Waals surface area (Å²) in [7, 11) is 2.22. The van der Waals surface area contributed by atoms with Crippen molar-refractivity contribution in [2.45, 2.75) is 0 Å². The van der Waals surface area contributed by atoms with Gasteiger partial charge in [0.1, 0.15) is 0 Å². The SMILES string of the molecule is Cn1c2ccc3c(c4ccccc4n3-c3ccccc3)c2c2ccc3c(c4ccccc4n3-c3ccccc3)c21. The number of benzene rings is 6. The first-order valence-electron chi connectivity index (χ1n) is 13.8. The Balaban J connectivity index is 1.51. The van der Waals surface area contributed by atoms with Crippen molar-refractivity contribution in [1.29, 1.82) is 0 Å². The normalized spacial score (nSPS) is 12.1. The van der Waals surface area contributed by atoms with Crippen molar-refractivity contribution in [1.82, 2.24) is 13.7 Å². The molecule has 0 unspecified atom stereocenters. The van der Waals surface area contributed by atoms with Crippen LogP contribution in [0.3, 0.4) is 0 Å². The smallest absolute Gasteiger partial charge is 0.0590 e. The van der Waals surface area contributed by atoms with E-state index in [9.17, 15) is 0 Å². The average Bonchev–Trinajstić information content (AvgIpc) is 3.63. The fraction of sp³-hybridized carbons (Fsp3) is 0.0270. The maximum atomic E-state index is 2.41. The molecule has 3 heteroatoms. The molecular formula is C37H25N3. The number of aryl methyl sites for hydroxylation is 1. The predicted octanol–water partition coefficient (Wildman–Crippen LogP) is 9.53. The van der Waals surface area contributed by atoms with Crippen LogP contribution in [-0.2, 0) is 7.05 Å². The molecule has 3 nitrogen and oxygen atoms in total. The molecule has 3 heterocycles. The van der Waals surface area contributed by atoms with E-state index in [-0.39, 0.29) is 0 Å². The van der Waals surface area contributed by atoms with Gasteiger partial charge in [-0.15, -0.1) is 0 Å². The van der Waals surface area contributed by atoms with E-state index in [1.54, 1.807) is 0 Å². The van der Waals surface area contributed by atoms with Crippen molar-refractivity contribution < 1.29 is 0 Å². The summed E-state index contributed by atoms with van der Waals surface area (Å²) >= 11 is 0. The van der Waals surface area contributed by atoms with E-state index in [0.29, 0.717) is 0 Å². The lowest BCUT2D eigenvalue weighted by molar-refractivity contribution is 1.02. The van der Waals surface area contributed by atoms with E-state index in [2.05, 4.69) is 154 Å². The van der Waals surface area contributed by atoms with Gasteiger partial charge in [0.15, 0.2) is 0 Å². The number of hydrogen-bond donors (Lipinski definition) is 0. The van der Waals surface area contributed by atoms with Crippen LogP contribution in [0.15, 0.2) is 133 Å². The van der Waals surface area contributed by atoms with Crippen LogP contribution in [0.5, 0.6) is 0 Å². The van der Waals surface area contributed by atoms with Crippen LogP contribution in [0.1, 0.15) is 0 Å². The molecule has 0 saturated carbocycles. The van der Waals surface area contributed by atoms with Crippen LogP contribution in [-0.4, -0.2) is 13.7 Å². The molecule has 0 atom stereocenters. The topological polar surface area (TPSA) is 14.8 Å². The lowest BCUT2D eigenvalue weighted by Crippen LogP contribution is -1.93. The molecule has 0 N–H and O–H groups in total. The molecule has 0 fully saturated rings. The third kappa shape index (κ3) is 2.69. The van der Waals surface area contributed by atoms with Crippen LogP contribution in [0, 0.1) is 0 Å². The molecule has 0 radical (unpaired) electrons. The van der Waals surface area contributed by atoms with Crippen LogP contribution in [0.25, 0.3) is 76.8 Å². The Morgan fingerprint density at radius 1 is 0.350 bits per heavy atom. The number of nitrogens with zero attached hydrogens (tertiary/aromatic N) is 3. The van der Waals surface area contributed by atoms with E-state index in [0.717, 1.165) is 0 Å². The molecule has 0 bridgehead atoms. The van der Waals surface area contributed by atoms with Gasteiger partial charge in [-0.05, 0) is 54.6 Å². The zero-order valence-corrected chi connectivity index (χ0v) is 22.0. The largest absolute Gasteiger partial charge is 0.343 e. The molecule has 0 aliphatic heterocycles. The molecule has 0 saturated heterocycles. The van der Waals surface area contributed by atoms with Crippen LogP contribution in [0.2, 0.25) is 0 Å². The second kappa shape index (κ2) is 7.87. The van der Waals surface area contributed by atoms with E-state index in [1.165, 1.54) is 76.8 Å². The molecule has 188 valence electrons. The van der Waals surface area contributed by atoms with Gasteiger partial charge >= 0.3 is 0 Å². The third-order valence-corrected chi connectivity index (χ3v) is 8.62. The summed E-state index contributed by atoms with van der Waals surface area (Å²) in [5.74, 6) is 0.